The number of aromatic amines is 1. The van der Waals surface area contributed by atoms with Crippen LogP contribution in [0.5, 0.6) is 0 Å². The van der Waals surface area contributed by atoms with Crippen molar-refractivity contribution in [3.8, 4) is 0 Å². The van der Waals surface area contributed by atoms with E-state index in [4.69, 9.17) is 9.84 Å². The first kappa shape index (κ1) is 19.0. The monoisotopic (exact) mass is 364 g/mol. The van der Waals surface area contributed by atoms with E-state index in [1.165, 1.54) is 14.0 Å². The minimum absolute atomic E-state index is 0.0484. The number of amides is 2. The van der Waals surface area contributed by atoms with Gasteiger partial charge in [-0.15, -0.1) is 0 Å². The molecule has 1 aliphatic heterocycles. The van der Waals surface area contributed by atoms with E-state index in [-0.39, 0.29) is 31.6 Å². The minimum atomic E-state index is -4.65. The second-order valence-electron chi connectivity index (χ2n) is 5.64. The zero-order valence-electron chi connectivity index (χ0n) is 13.7. The first-order chi connectivity index (χ1) is 11.7. The van der Waals surface area contributed by atoms with Gasteiger partial charge in [0, 0.05) is 19.3 Å². The Morgan fingerprint density at radius 2 is 2.16 bits per heavy atom. The quantitative estimate of drug-likeness (QED) is 0.750. The van der Waals surface area contributed by atoms with Crippen molar-refractivity contribution in [2.24, 2.45) is 0 Å². The summed E-state index contributed by atoms with van der Waals surface area (Å²) >= 11 is 0. The fourth-order valence-electron chi connectivity index (χ4n) is 2.74. The predicted octanol–water partition coefficient (Wildman–Crippen LogP) is 1.49. The van der Waals surface area contributed by atoms with E-state index in [0.717, 1.165) is 4.90 Å². The zero-order valence-corrected chi connectivity index (χ0v) is 13.7. The number of aromatic nitrogens is 2. The number of carbonyl (C=O) groups is 2. The number of hydrogen-bond acceptors (Lipinski definition) is 4. The van der Waals surface area contributed by atoms with Crippen molar-refractivity contribution < 1.29 is 32.6 Å². The van der Waals surface area contributed by atoms with Gasteiger partial charge in [-0.05, 0) is 12.8 Å². The van der Waals surface area contributed by atoms with Gasteiger partial charge in [0.15, 0.2) is 11.5 Å². The molecule has 2 amide bonds. The van der Waals surface area contributed by atoms with Gasteiger partial charge in [-0.1, -0.05) is 6.92 Å². The fraction of sp³-hybridized carbons (Fsp3) is 0.643. The van der Waals surface area contributed by atoms with Crippen molar-refractivity contribution >= 4 is 12.0 Å². The van der Waals surface area contributed by atoms with Crippen LogP contribution >= 0.6 is 0 Å². The summed E-state index contributed by atoms with van der Waals surface area (Å²) in [5.41, 5.74) is -1.27. The lowest BCUT2D eigenvalue weighted by molar-refractivity contribution is -0.141. The van der Waals surface area contributed by atoms with Crippen molar-refractivity contribution in [3.05, 3.63) is 17.2 Å². The third-order valence-corrected chi connectivity index (χ3v) is 4.06. The van der Waals surface area contributed by atoms with Crippen LogP contribution < -0.4 is 5.32 Å². The molecule has 2 unspecified atom stereocenters. The topological polar surface area (TPSA) is 108 Å². The number of H-pyrrole nitrogens is 1. The van der Waals surface area contributed by atoms with E-state index in [2.05, 4.69) is 15.3 Å². The van der Waals surface area contributed by atoms with E-state index < -0.39 is 41.8 Å². The van der Waals surface area contributed by atoms with E-state index in [0.29, 0.717) is 0 Å². The highest BCUT2D eigenvalue weighted by atomic mass is 19.4. The van der Waals surface area contributed by atoms with Crippen molar-refractivity contribution in [2.45, 2.75) is 38.1 Å². The molecule has 1 aliphatic rings. The van der Waals surface area contributed by atoms with Gasteiger partial charge in [-0.3, -0.25) is 4.79 Å². The number of aryl methyl sites for hydroxylation is 1. The summed E-state index contributed by atoms with van der Waals surface area (Å²) in [6.07, 6.45) is -6.02. The molecule has 8 nitrogen and oxygen atoms in total. The number of carboxylic acid groups (broad SMARTS) is 1. The average molecular weight is 364 g/mol. The number of piperidine rings is 1. The molecule has 0 radical (unpaired) electrons. The molecule has 1 aromatic rings. The third kappa shape index (κ3) is 4.21. The normalized spacial score (nSPS) is 21.2. The van der Waals surface area contributed by atoms with Crippen LogP contribution in [0.2, 0.25) is 0 Å². The lowest BCUT2D eigenvalue weighted by Crippen LogP contribution is -2.55. The maximum atomic E-state index is 12.9. The molecule has 0 bridgehead atoms. The van der Waals surface area contributed by atoms with Crippen LogP contribution in [0.25, 0.3) is 0 Å². The molecule has 25 heavy (non-hydrogen) atoms. The summed E-state index contributed by atoms with van der Waals surface area (Å²) in [5.74, 6) is -1.22. The Kier molecular flexibility index (Phi) is 5.55. The molecule has 0 aromatic carbocycles. The van der Waals surface area contributed by atoms with Gasteiger partial charge >= 0.3 is 12.3 Å². The molecule has 2 atom stereocenters. The number of ether oxygens (including phenoxy) is 1. The smallest absolute Gasteiger partial charge is 0.435 e. The number of rotatable bonds is 4. The number of methoxy groups -OCH3 is 1. The molecule has 140 valence electrons. The van der Waals surface area contributed by atoms with Crippen molar-refractivity contribution in [3.63, 3.8) is 0 Å². The Balaban J connectivity index is 2.11. The van der Waals surface area contributed by atoms with Crippen LogP contribution in [0.4, 0.5) is 18.0 Å². The molecule has 0 aliphatic carbocycles. The van der Waals surface area contributed by atoms with Gasteiger partial charge in [0.05, 0.1) is 18.7 Å². The highest BCUT2D eigenvalue weighted by molar-refractivity contribution is 5.91. The number of hydrogen-bond donors (Lipinski definition) is 3. The Bertz CT molecular complexity index is 647. The molecule has 3 N–H and O–H groups in total. The second-order valence-corrected chi connectivity index (χ2v) is 5.64. The third-order valence-electron chi connectivity index (χ3n) is 4.06. The second kappa shape index (κ2) is 7.30. The van der Waals surface area contributed by atoms with Gasteiger partial charge < -0.3 is 25.0 Å². The van der Waals surface area contributed by atoms with E-state index in [9.17, 15) is 22.8 Å². The van der Waals surface area contributed by atoms with Gasteiger partial charge in [-0.2, -0.15) is 13.2 Å². The van der Waals surface area contributed by atoms with Crippen molar-refractivity contribution in [1.82, 2.24) is 20.2 Å². The van der Waals surface area contributed by atoms with Gasteiger partial charge in [0.2, 0.25) is 0 Å². The Hall–Kier alpha value is -2.30. The van der Waals surface area contributed by atoms with Crippen LogP contribution in [0, 0.1) is 0 Å². The average Bonchev–Trinajstić information content (AvgIpc) is 2.99. The first-order valence-electron chi connectivity index (χ1n) is 7.65. The highest BCUT2D eigenvalue weighted by Gasteiger charge is 2.38. The predicted molar refractivity (Wildman–Crippen MR) is 79.2 cm³/mol. The maximum Gasteiger partial charge on any atom is 0.435 e. The lowest BCUT2D eigenvalue weighted by Gasteiger charge is -2.36. The molecule has 0 saturated carbocycles. The molecular weight excluding hydrogens is 345 g/mol. The summed E-state index contributed by atoms with van der Waals surface area (Å²) in [5, 5.41) is 11.6. The largest absolute Gasteiger partial charge is 0.465 e. The van der Waals surface area contributed by atoms with Gasteiger partial charge in [0.25, 0.3) is 5.91 Å². The number of imidazole rings is 1. The van der Waals surface area contributed by atoms with E-state index in [1.807, 2.05) is 0 Å². The standard InChI is InChI=1S/C14H19F3N4O4/c1-3-7-10(14(15,16)17)20-11(18-7)12(22)19-8-4-5-21(13(23)24)6-9(8)25-2/h8-9H,3-6H2,1-2H3,(H,18,20)(H,19,22)(H,23,24). The molecular formula is C14H19F3N4O4. The Morgan fingerprint density at radius 1 is 1.48 bits per heavy atom. The Morgan fingerprint density at radius 3 is 2.64 bits per heavy atom. The van der Waals surface area contributed by atoms with Crippen LogP contribution in [0.15, 0.2) is 0 Å². The molecule has 11 heteroatoms. The van der Waals surface area contributed by atoms with Crippen LogP contribution in [0.3, 0.4) is 0 Å². The van der Waals surface area contributed by atoms with Crippen LogP contribution in [0.1, 0.15) is 35.4 Å². The number of likely N-dealkylation sites (tertiary alicyclic amines) is 1. The molecule has 1 saturated heterocycles. The zero-order chi connectivity index (χ0) is 18.8. The Labute approximate surface area is 141 Å². The molecule has 2 rings (SSSR count). The maximum absolute atomic E-state index is 12.9. The van der Waals surface area contributed by atoms with Crippen molar-refractivity contribution in [2.75, 3.05) is 20.2 Å². The lowest BCUT2D eigenvalue weighted by atomic mass is 10.0. The molecule has 1 aromatic heterocycles. The summed E-state index contributed by atoms with van der Waals surface area (Å²) in [4.78, 5) is 30.2. The summed E-state index contributed by atoms with van der Waals surface area (Å²) in [7, 11) is 1.37. The highest BCUT2D eigenvalue weighted by Crippen LogP contribution is 2.30. The SMILES string of the molecule is CCc1[nH]c(C(=O)NC2CCN(C(=O)O)CC2OC)nc1C(F)(F)F. The first-order valence-corrected chi connectivity index (χ1v) is 7.65. The fourth-order valence-corrected chi connectivity index (χ4v) is 2.74. The van der Waals surface area contributed by atoms with E-state index >= 15 is 0 Å². The van der Waals surface area contributed by atoms with Gasteiger partial charge in [-0.25, -0.2) is 9.78 Å². The summed E-state index contributed by atoms with van der Waals surface area (Å²) < 4.78 is 43.9. The molecule has 0 spiro atoms. The number of halogens is 3. The number of nitrogens with zero attached hydrogens (tertiary/aromatic N) is 2. The summed E-state index contributed by atoms with van der Waals surface area (Å²) in [6, 6.07) is -0.530. The van der Waals surface area contributed by atoms with Gasteiger partial charge in [0.1, 0.15) is 0 Å². The van der Waals surface area contributed by atoms with E-state index in [1.54, 1.807) is 0 Å². The minimum Gasteiger partial charge on any atom is -0.465 e. The van der Waals surface area contributed by atoms with Crippen LogP contribution in [-0.2, 0) is 17.3 Å². The number of nitrogens with one attached hydrogen (secondary N) is 2. The van der Waals surface area contributed by atoms with Crippen molar-refractivity contribution in [1.29, 1.82) is 0 Å². The molecule has 1 fully saturated rings. The number of alkyl halides is 3. The van der Waals surface area contributed by atoms with Crippen LogP contribution in [-0.4, -0.2) is 64.3 Å². The molecule has 2 heterocycles. The summed E-state index contributed by atoms with van der Waals surface area (Å²) in [6.45, 7) is 1.77. The number of carbonyl (C=O) groups excluding carboxylic acids is 1.